The van der Waals surface area contributed by atoms with Crippen molar-refractivity contribution in [1.82, 2.24) is 5.32 Å². The van der Waals surface area contributed by atoms with E-state index in [0.717, 1.165) is 15.8 Å². The minimum atomic E-state index is -0.330. The molecule has 0 aliphatic carbocycles. The summed E-state index contributed by atoms with van der Waals surface area (Å²) in [5.41, 5.74) is 1.83. The largest absolute Gasteiger partial charge is 0.496 e. The van der Waals surface area contributed by atoms with E-state index in [-0.39, 0.29) is 17.6 Å². The van der Waals surface area contributed by atoms with E-state index >= 15 is 0 Å². The van der Waals surface area contributed by atoms with Crippen LogP contribution in [-0.4, -0.2) is 31.3 Å². The van der Waals surface area contributed by atoms with Crippen molar-refractivity contribution >= 4 is 45.2 Å². The Bertz CT molecular complexity index is 917. The van der Waals surface area contributed by atoms with E-state index in [1.165, 1.54) is 11.8 Å². The molecule has 146 valence electrons. The highest BCUT2D eigenvalue weighted by molar-refractivity contribution is 9.10. The molecule has 0 bridgehead atoms. The number of hydrogen-bond donors (Lipinski definition) is 2. The van der Waals surface area contributed by atoms with Gasteiger partial charge in [0.15, 0.2) is 5.76 Å². The summed E-state index contributed by atoms with van der Waals surface area (Å²) in [5, 5.41) is 7.32. The van der Waals surface area contributed by atoms with Crippen LogP contribution in [0.2, 0.25) is 0 Å². The van der Waals surface area contributed by atoms with E-state index in [1.807, 2.05) is 18.2 Å². The Morgan fingerprint density at radius 2 is 2.07 bits per heavy atom. The first-order valence-electron chi connectivity index (χ1n) is 8.53. The highest BCUT2D eigenvalue weighted by atomic mass is 79.9. The van der Waals surface area contributed by atoms with Gasteiger partial charge in [-0.05, 0) is 36.4 Å². The third-order valence-corrected chi connectivity index (χ3v) is 5.21. The lowest BCUT2D eigenvalue weighted by atomic mass is 10.1. The number of rotatable bonds is 6. The molecule has 6 nitrogen and oxygen atoms in total. The molecule has 1 aliphatic rings. The standard InChI is InChI=1S/C20H19BrN2O4S/c1-26-17-6-5-15(21)9-14(17)11-22-19(24)13-3-2-4-16(10-13)23-20(25)18-12-28-8-7-27-18/h2-6,9-10,12H,7-8,11H2,1H3,(H,22,24)(H,23,25). The summed E-state index contributed by atoms with van der Waals surface area (Å²) in [6, 6.07) is 12.4. The number of ether oxygens (including phenoxy) is 2. The molecule has 0 saturated heterocycles. The quantitative estimate of drug-likeness (QED) is 0.679. The van der Waals surface area contributed by atoms with Crippen LogP contribution in [0.5, 0.6) is 5.75 Å². The van der Waals surface area contributed by atoms with Crippen LogP contribution in [0.3, 0.4) is 0 Å². The molecule has 0 aromatic heterocycles. The highest BCUT2D eigenvalue weighted by Crippen LogP contribution is 2.23. The first kappa shape index (κ1) is 20.3. The summed E-state index contributed by atoms with van der Waals surface area (Å²) in [6.07, 6.45) is 0. The molecule has 1 heterocycles. The first-order valence-corrected chi connectivity index (χ1v) is 10.4. The molecule has 2 amide bonds. The average molecular weight is 463 g/mol. The van der Waals surface area contributed by atoms with Gasteiger partial charge in [-0.2, -0.15) is 0 Å². The third-order valence-electron chi connectivity index (χ3n) is 3.94. The van der Waals surface area contributed by atoms with Crippen molar-refractivity contribution in [2.45, 2.75) is 6.54 Å². The first-order chi connectivity index (χ1) is 13.6. The Labute approximate surface area is 175 Å². The molecule has 0 unspecified atom stereocenters. The number of carbonyl (C=O) groups is 2. The van der Waals surface area contributed by atoms with Gasteiger partial charge in [0.1, 0.15) is 5.75 Å². The fourth-order valence-corrected chi connectivity index (χ4v) is 3.61. The molecule has 8 heteroatoms. The lowest BCUT2D eigenvalue weighted by Crippen LogP contribution is -2.23. The van der Waals surface area contributed by atoms with Crippen molar-refractivity contribution in [3.8, 4) is 5.75 Å². The molecule has 2 N–H and O–H groups in total. The van der Waals surface area contributed by atoms with Crippen molar-refractivity contribution in [1.29, 1.82) is 0 Å². The van der Waals surface area contributed by atoms with Gasteiger partial charge >= 0.3 is 0 Å². The lowest BCUT2D eigenvalue weighted by Gasteiger charge is -2.14. The molecule has 0 spiro atoms. The Morgan fingerprint density at radius 3 is 2.82 bits per heavy atom. The third kappa shape index (κ3) is 5.30. The monoisotopic (exact) mass is 462 g/mol. The van der Waals surface area contributed by atoms with Crippen molar-refractivity contribution in [2.24, 2.45) is 0 Å². The smallest absolute Gasteiger partial charge is 0.291 e. The summed E-state index contributed by atoms with van der Waals surface area (Å²) in [5.74, 6) is 1.23. The number of halogens is 1. The van der Waals surface area contributed by atoms with Crippen LogP contribution < -0.4 is 15.4 Å². The number of methoxy groups -OCH3 is 1. The normalized spacial score (nSPS) is 13.1. The fraction of sp³-hybridized carbons (Fsp3) is 0.200. The fourth-order valence-electron chi connectivity index (χ4n) is 2.58. The molecule has 0 saturated carbocycles. The molecule has 0 radical (unpaired) electrons. The van der Waals surface area contributed by atoms with Crippen molar-refractivity contribution in [3.05, 3.63) is 69.2 Å². The van der Waals surface area contributed by atoms with Gasteiger partial charge in [0.25, 0.3) is 11.8 Å². The second kappa shape index (κ2) is 9.66. The molecule has 0 atom stereocenters. The summed E-state index contributed by atoms with van der Waals surface area (Å²) < 4.78 is 11.6. The second-order valence-corrected chi connectivity index (χ2v) is 7.77. The molecule has 3 rings (SSSR count). The number of nitrogens with one attached hydrogen (secondary N) is 2. The average Bonchev–Trinajstić information content (AvgIpc) is 2.73. The number of amides is 2. The highest BCUT2D eigenvalue weighted by Gasteiger charge is 2.15. The number of anilines is 1. The summed E-state index contributed by atoms with van der Waals surface area (Å²) in [4.78, 5) is 24.8. The van der Waals surface area contributed by atoms with E-state index in [4.69, 9.17) is 9.47 Å². The zero-order valence-corrected chi connectivity index (χ0v) is 17.6. The number of hydrogen-bond acceptors (Lipinski definition) is 5. The molecule has 2 aromatic carbocycles. The van der Waals surface area contributed by atoms with Crippen LogP contribution in [0.25, 0.3) is 0 Å². The zero-order valence-electron chi connectivity index (χ0n) is 15.2. The van der Waals surface area contributed by atoms with Gasteiger partial charge in [-0.1, -0.05) is 22.0 Å². The molecular formula is C20H19BrN2O4S. The van der Waals surface area contributed by atoms with Crippen molar-refractivity contribution in [3.63, 3.8) is 0 Å². The molecular weight excluding hydrogens is 444 g/mol. The van der Waals surface area contributed by atoms with Gasteiger partial charge in [0, 0.05) is 39.0 Å². The van der Waals surface area contributed by atoms with Gasteiger partial charge in [-0.3, -0.25) is 9.59 Å². The maximum Gasteiger partial charge on any atom is 0.291 e. The molecule has 28 heavy (non-hydrogen) atoms. The van der Waals surface area contributed by atoms with Crippen LogP contribution >= 0.6 is 27.7 Å². The molecule has 2 aromatic rings. The Kier molecular flexibility index (Phi) is 7.00. The van der Waals surface area contributed by atoms with E-state index in [9.17, 15) is 9.59 Å². The van der Waals surface area contributed by atoms with E-state index in [0.29, 0.717) is 30.2 Å². The molecule has 1 aliphatic heterocycles. The van der Waals surface area contributed by atoms with Gasteiger partial charge in [-0.25, -0.2) is 0 Å². The minimum absolute atomic E-state index is 0.248. The summed E-state index contributed by atoms with van der Waals surface area (Å²) >= 11 is 4.95. The lowest BCUT2D eigenvalue weighted by molar-refractivity contribution is -0.116. The SMILES string of the molecule is COc1ccc(Br)cc1CNC(=O)c1cccc(NC(=O)C2=CSCCO2)c1. The minimum Gasteiger partial charge on any atom is -0.496 e. The van der Waals surface area contributed by atoms with Crippen LogP contribution in [-0.2, 0) is 16.1 Å². The van der Waals surface area contributed by atoms with Crippen LogP contribution in [0.4, 0.5) is 5.69 Å². The number of carbonyl (C=O) groups excluding carboxylic acids is 2. The van der Waals surface area contributed by atoms with E-state index < -0.39 is 0 Å². The topological polar surface area (TPSA) is 76.7 Å². The number of thioether (sulfide) groups is 1. The Hall–Kier alpha value is -2.45. The predicted octanol–water partition coefficient (Wildman–Crippen LogP) is 3.93. The van der Waals surface area contributed by atoms with Crippen LogP contribution in [0.15, 0.2) is 58.1 Å². The maximum absolute atomic E-state index is 12.5. The zero-order chi connectivity index (χ0) is 19.9. The van der Waals surface area contributed by atoms with Gasteiger partial charge in [-0.15, -0.1) is 11.8 Å². The Balaban J connectivity index is 1.65. The predicted molar refractivity (Wildman–Crippen MR) is 113 cm³/mol. The summed E-state index contributed by atoms with van der Waals surface area (Å²) in [6.45, 7) is 0.821. The summed E-state index contributed by atoms with van der Waals surface area (Å²) in [7, 11) is 1.59. The van der Waals surface area contributed by atoms with Gasteiger partial charge in [0.05, 0.1) is 13.7 Å². The van der Waals surface area contributed by atoms with E-state index in [1.54, 1.807) is 36.8 Å². The second-order valence-electron chi connectivity index (χ2n) is 5.88. The van der Waals surface area contributed by atoms with Crippen LogP contribution in [0, 0.1) is 0 Å². The molecule has 0 fully saturated rings. The Morgan fingerprint density at radius 1 is 1.21 bits per heavy atom. The number of benzene rings is 2. The van der Waals surface area contributed by atoms with Gasteiger partial charge < -0.3 is 20.1 Å². The van der Waals surface area contributed by atoms with Crippen molar-refractivity contribution in [2.75, 3.05) is 24.8 Å². The van der Waals surface area contributed by atoms with Gasteiger partial charge in [0.2, 0.25) is 0 Å². The van der Waals surface area contributed by atoms with E-state index in [2.05, 4.69) is 26.6 Å². The maximum atomic E-state index is 12.5. The van der Waals surface area contributed by atoms with Crippen molar-refractivity contribution < 1.29 is 19.1 Å². The van der Waals surface area contributed by atoms with Crippen LogP contribution in [0.1, 0.15) is 15.9 Å².